The van der Waals surface area contributed by atoms with E-state index in [0.29, 0.717) is 19.1 Å². The maximum absolute atomic E-state index is 5.73. The first-order chi connectivity index (χ1) is 7.54. The molecule has 0 saturated heterocycles. The molecule has 0 spiro atoms. The fourth-order valence-corrected chi connectivity index (χ4v) is 1.58. The third-order valence-electron chi connectivity index (χ3n) is 1.99. The van der Waals surface area contributed by atoms with Gasteiger partial charge in [-0.1, -0.05) is 0 Å². The standard InChI is InChI=1S/C9H14Cl2N4O/c1-6(2)15(4-5-16-3)9-13-7(10)12-8(11)14-9/h6H,4-5H2,1-3H3. The molecule has 1 aromatic rings. The molecule has 0 atom stereocenters. The van der Waals surface area contributed by atoms with Gasteiger partial charge in [-0.15, -0.1) is 0 Å². The van der Waals surface area contributed by atoms with Crippen molar-refractivity contribution in [3.8, 4) is 0 Å². The van der Waals surface area contributed by atoms with E-state index in [-0.39, 0.29) is 16.6 Å². The lowest BCUT2D eigenvalue weighted by Crippen LogP contribution is -2.35. The average Bonchev–Trinajstić information content (AvgIpc) is 2.16. The second kappa shape index (κ2) is 6.18. The van der Waals surface area contributed by atoms with E-state index < -0.39 is 0 Å². The predicted octanol–water partition coefficient (Wildman–Crippen LogP) is 2.04. The third-order valence-corrected chi connectivity index (χ3v) is 2.32. The fourth-order valence-electron chi connectivity index (χ4n) is 1.22. The Labute approximate surface area is 105 Å². The van der Waals surface area contributed by atoms with Gasteiger partial charge in [0.1, 0.15) is 0 Å². The molecular formula is C9H14Cl2N4O. The Bertz CT molecular complexity index is 328. The zero-order chi connectivity index (χ0) is 12.1. The summed E-state index contributed by atoms with van der Waals surface area (Å²) in [6.45, 7) is 5.31. The Balaban J connectivity index is 2.91. The zero-order valence-electron chi connectivity index (χ0n) is 9.44. The van der Waals surface area contributed by atoms with Crippen LogP contribution in [0.25, 0.3) is 0 Å². The first-order valence-electron chi connectivity index (χ1n) is 4.87. The zero-order valence-corrected chi connectivity index (χ0v) is 11.0. The van der Waals surface area contributed by atoms with E-state index in [2.05, 4.69) is 15.0 Å². The molecule has 0 aliphatic rings. The third kappa shape index (κ3) is 3.73. The summed E-state index contributed by atoms with van der Waals surface area (Å²) < 4.78 is 5.03. The predicted molar refractivity (Wildman–Crippen MR) is 64.2 cm³/mol. The van der Waals surface area contributed by atoms with Crippen molar-refractivity contribution < 1.29 is 4.74 Å². The van der Waals surface area contributed by atoms with E-state index in [1.165, 1.54) is 0 Å². The topological polar surface area (TPSA) is 51.1 Å². The van der Waals surface area contributed by atoms with Crippen molar-refractivity contribution in [1.82, 2.24) is 15.0 Å². The van der Waals surface area contributed by atoms with Gasteiger partial charge in [-0.25, -0.2) is 0 Å². The molecule has 5 nitrogen and oxygen atoms in total. The maximum Gasteiger partial charge on any atom is 0.231 e. The minimum Gasteiger partial charge on any atom is -0.383 e. The number of methoxy groups -OCH3 is 1. The highest BCUT2D eigenvalue weighted by atomic mass is 35.5. The van der Waals surface area contributed by atoms with Crippen LogP contribution in [0.1, 0.15) is 13.8 Å². The summed E-state index contributed by atoms with van der Waals surface area (Å²) in [5.74, 6) is 0.469. The SMILES string of the molecule is COCCN(c1nc(Cl)nc(Cl)n1)C(C)C. The van der Waals surface area contributed by atoms with Crippen LogP contribution in [0.5, 0.6) is 0 Å². The number of aromatic nitrogens is 3. The van der Waals surface area contributed by atoms with Crippen molar-refractivity contribution >= 4 is 29.2 Å². The van der Waals surface area contributed by atoms with Gasteiger partial charge < -0.3 is 9.64 Å². The van der Waals surface area contributed by atoms with E-state index in [9.17, 15) is 0 Å². The lowest BCUT2D eigenvalue weighted by molar-refractivity contribution is 0.203. The first kappa shape index (κ1) is 13.4. The highest BCUT2D eigenvalue weighted by Crippen LogP contribution is 2.15. The van der Waals surface area contributed by atoms with Crippen LogP contribution in [-0.2, 0) is 4.74 Å². The Morgan fingerprint density at radius 3 is 2.19 bits per heavy atom. The molecule has 1 aromatic heterocycles. The van der Waals surface area contributed by atoms with E-state index in [1.807, 2.05) is 18.7 Å². The minimum atomic E-state index is 0.0954. The van der Waals surface area contributed by atoms with Gasteiger partial charge in [-0.3, -0.25) is 0 Å². The second-order valence-electron chi connectivity index (χ2n) is 3.45. The van der Waals surface area contributed by atoms with Crippen LogP contribution < -0.4 is 4.90 Å². The lowest BCUT2D eigenvalue weighted by atomic mass is 10.3. The van der Waals surface area contributed by atoms with Crippen molar-refractivity contribution in [3.05, 3.63) is 10.6 Å². The van der Waals surface area contributed by atoms with Crippen LogP contribution in [0, 0.1) is 0 Å². The number of rotatable bonds is 5. The molecule has 1 heterocycles. The number of ether oxygens (including phenoxy) is 1. The quantitative estimate of drug-likeness (QED) is 0.815. The van der Waals surface area contributed by atoms with Crippen molar-refractivity contribution in [2.24, 2.45) is 0 Å². The normalized spacial score (nSPS) is 10.9. The number of anilines is 1. The number of hydrogen-bond donors (Lipinski definition) is 0. The number of halogens is 2. The second-order valence-corrected chi connectivity index (χ2v) is 4.13. The van der Waals surface area contributed by atoms with Crippen LogP contribution in [0.3, 0.4) is 0 Å². The van der Waals surface area contributed by atoms with Gasteiger partial charge in [0.15, 0.2) is 0 Å². The molecule has 7 heteroatoms. The molecule has 1 rings (SSSR count). The number of hydrogen-bond acceptors (Lipinski definition) is 5. The molecule has 0 fully saturated rings. The molecule has 0 aliphatic heterocycles. The summed E-state index contributed by atoms with van der Waals surface area (Å²) in [6.07, 6.45) is 0. The lowest BCUT2D eigenvalue weighted by Gasteiger charge is -2.26. The highest BCUT2D eigenvalue weighted by Gasteiger charge is 2.15. The average molecular weight is 265 g/mol. The van der Waals surface area contributed by atoms with Crippen LogP contribution in [0.2, 0.25) is 10.6 Å². The molecule has 0 bridgehead atoms. The Kier molecular flexibility index (Phi) is 5.18. The van der Waals surface area contributed by atoms with Crippen LogP contribution in [-0.4, -0.2) is 41.3 Å². The van der Waals surface area contributed by atoms with Gasteiger partial charge in [0.25, 0.3) is 0 Å². The van der Waals surface area contributed by atoms with Gasteiger partial charge in [0.05, 0.1) is 6.61 Å². The molecule has 0 amide bonds. The van der Waals surface area contributed by atoms with Gasteiger partial charge in [-0.05, 0) is 37.0 Å². The van der Waals surface area contributed by atoms with Crippen molar-refractivity contribution in [1.29, 1.82) is 0 Å². The summed E-state index contributed by atoms with van der Waals surface area (Å²) in [7, 11) is 1.64. The van der Waals surface area contributed by atoms with Gasteiger partial charge in [-0.2, -0.15) is 15.0 Å². The van der Waals surface area contributed by atoms with Gasteiger partial charge in [0, 0.05) is 19.7 Å². The minimum absolute atomic E-state index is 0.0954. The van der Waals surface area contributed by atoms with E-state index >= 15 is 0 Å². The molecule has 90 valence electrons. The summed E-state index contributed by atoms with van der Waals surface area (Å²) >= 11 is 11.5. The monoisotopic (exact) mass is 264 g/mol. The van der Waals surface area contributed by atoms with E-state index in [4.69, 9.17) is 27.9 Å². The smallest absolute Gasteiger partial charge is 0.231 e. The molecule has 0 aromatic carbocycles. The molecular weight excluding hydrogens is 251 g/mol. The van der Waals surface area contributed by atoms with E-state index in [0.717, 1.165) is 0 Å². The molecule has 0 unspecified atom stereocenters. The number of nitrogens with zero attached hydrogens (tertiary/aromatic N) is 4. The van der Waals surface area contributed by atoms with Crippen molar-refractivity contribution in [3.63, 3.8) is 0 Å². The van der Waals surface area contributed by atoms with Gasteiger partial charge >= 0.3 is 0 Å². The Hall–Kier alpha value is -0.650. The Morgan fingerprint density at radius 2 is 1.75 bits per heavy atom. The molecule has 0 saturated carbocycles. The van der Waals surface area contributed by atoms with Gasteiger partial charge in [0.2, 0.25) is 16.5 Å². The summed E-state index contributed by atoms with van der Waals surface area (Å²) in [6, 6.07) is 0.227. The largest absolute Gasteiger partial charge is 0.383 e. The Morgan fingerprint density at radius 1 is 1.19 bits per heavy atom. The van der Waals surface area contributed by atoms with Crippen molar-refractivity contribution in [2.75, 3.05) is 25.2 Å². The first-order valence-corrected chi connectivity index (χ1v) is 5.63. The van der Waals surface area contributed by atoms with Crippen molar-refractivity contribution in [2.45, 2.75) is 19.9 Å². The molecule has 0 N–H and O–H groups in total. The summed E-state index contributed by atoms with van der Waals surface area (Å²) in [5, 5.41) is 0.191. The molecule has 0 radical (unpaired) electrons. The molecule has 16 heavy (non-hydrogen) atoms. The fraction of sp³-hybridized carbons (Fsp3) is 0.667. The van der Waals surface area contributed by atoms with Crippen LogP contribution >= 0.6 is 23.2 Å². The summed E-state index contributed by atoms with van der Waals surface area (Å²) in [5.41, 5.74) is 0. The van der Waals surface area contributed by atoms with Crippen LogP contribution in [0.4, 0.5) is 5.95 Å². The molecule has 0 aliphatic carbocycles. The summed E-state index contributed by atoms with van der Waals surface area (Å²) in [4.78, 5) is 13.7. The van der Waals surface area contributed by atoms with E-state index in [1.54, 1.807) is 7.11 Å². The maximum atomic E-state index is 5.73. The highest BCUT2D eigenvalue weighted by molar-refractivity contribution is 6.31. The van der Waals surface area contributed by atoms with Crippen LogP contribution in [0.15, 0.2) is 0 Å².